The molecule has 2 aromatic rings. The molecule has 9 heteroatoms. The van der Waals surface area contributed by atoms with Crippen molar-refractivity contribution in [2.24, 2.45) is 0 Å². The largest absolute Gasteiger partial charge is 0.345 e. The van der Waals surface area contributed by atoms with E-state index in [-0.39, 0.29) is 18.0 Å². The summed E-state index contributed by atoms with van der Waals surface area (Å²) in [7, 11) is 0. The molecule has 2 aliphatic carbocycles. The van der Waals surface area contributed by atoms with Crippen LogP contribution in [-0.2, 0) is 17.9 Å². The molecule has 1 heterocycles. The first-order valence-electron chi connectivity index (χ1n) is 13.0. The molecule has 1 aromatic heterocycles. The lowest BCUT2D eigenvalue weighted by Crippen LogP contribution is -2.49. The molecular weight excluding hydrogens is 465 g/mol. The van der Waals surface area contributed by atoms with Gasteiger partial charge in [-0.15, -0.1) is 10.2 Å². The Bertz CT molecular complexity index is 983. The van der Waals surface area contributed by atoms with Crippen LogP contribution in [0, 0.1) is 5.82 Å². The smallest absolute Gasteiger partial charge is 0.254 e. The van der Waals surface area contributed by atoms with Crippen molar-refractivity contribution in [3.63, 3.8) is 0 Å². The summed E-state index contributed by atoms with van der Waals surface area (Å²) in [5.74, 6) is 0.0792. The van der Waals surface area contributed by atoms with Crippen LogP contribution < -0.4 is 5.32 Å². The van der Waals surface area contributed by atoms with Gasteiger partial charge in [-0.2, -0.15) is 0 Å². The van der Waals surface area contributed by atoms with Crippen molar-refractivity contribution in [1.29, 1.82) is 0 Å². The number of amides is 2. The van der Waals surface area contributed by atoms with Gasteiger partial charge in [-0.1, -0.05) is 62.4 Å². The fraction of sp³-hybridized carbons (Fsp3) is 0.615. The van der Waals surface area contributed by atoms with Gasteiger partial charge in [0.05, 0.1) is 17.9 Å². The number of thioether (sulfide) groups is 1. The third-order valence-electron chi connectivity index (χ3n) is 7.18. The van der Waals surface area contributed by atoms with Crippen LogP contribution in [0.25, 0.3) is 0 Å². The summed E-state index contributed by atoms with van der Waals surface area (Å²) in [6, 6.07) is 6.63. The zero-order valence-corrected chi connectivity index (χ0v) is 21.4. The SMILES string of the molecule is CCn1c(CNC(=O)c2ccccc2F)nnc1SCC(=O)N(C1CCCCC1)C1CCCCC1. The van der Waals surface area contributed by atoms with Crippen LogP contribution in [-0.4, -0.2) is 49.3 Å². The minimum atomic E-state index is -0.558. The fourth-order valence-corrected chi connectivity index (χ4v) is 6.29. The molecular formula is C26H36FN5O2S. The Morgan fingerprint density at radius 1 is 1.03 bits per heavy atom. The number of nitrogens with zero attached hydrogens (tertiary/aromatic N) is 4. The Balaban J connectivity index is 1.38. The molecule has 2 aliphatic rings. The maximum absolute atomic E-state index is 13.9. The third kappa shape index (κ3) is 6.42. The van der Waals surface area contributed by atoms with Crippen LogP contribution in [0.15, 0.2) is 29.4 Å². The summed E-state index contributed by atoms with van der Waals surface area (Å²) >= 11 is 1.42. The summed E-state index contributed by atoms with van der Waals surface area (Å²) in [6.45, 7) is 2.73. The first-order chi connectivity index (χ1) is 17.1. The summed E-state index contributed by atoms with van der Waals surface area (Å²) in [5, 5.41) is 11.9. The number of hydrogen-bond donors (Lipinski definition) is 1. The number of rotatable bonds is 9. The normalized spacial score (nSPS) is 17.3. The molecule has 1 N–H and O–H groups in total. The zero-order chi connectivity index (χ0) is 24.6. The summed E-state index contributed by atoms with van der Waals surface area (Å²) in [4.78, 5) is 28.1. The van der Waals surface area contributed by atoms with Gasteiger partial charge in [-0.25, -0.2) is 4.39 Å². The maximum atomic E-state index is 13.9. The van der Waals surface area contributed by atoms with Gasteiger partial charge in [0, 0.05) is 18.6 Å². The van der Waals surface area contributed by atoms with Gasteiger partial charge in [0.2, 0.25) is 5.91 Å². The Labute approximate surface area is 211 Å². The first-order valence-corrected chi connectivity index (χ1v) is 14.0. The Hall–Kier alpha value is -2.42. The zero-order valence-electron chi connectivity index (χ0n) is 20.5. The van der Waals surface area contributed by atoms with Gasteiger partial charge in [0.15, 0.2) is 11.0 Å². The maximum Gasteiger partial charge on any atom is 0.254 e. The highest BCUT2D eigenvalue weighted by atomic mass is 32.2. The lowest BCUT2D eigenvalue weighted by Gasteiger charge is -2.41. The second kappa shape index (κ2) is 12.5. The Kier molecular flexibility index (Phi) is 9.18. The van der Waals surface area contributed by atoms with Crippen LogP contribution in [0.5, 0.6) is 0 Å². The molecule has 0 spiro atoms. The van der Waals surface area contributed by atoms with Crippen molar-refractivity contribution in [3.8, 4) is 0 Å². The Morgan fingerprint density at radius 3 is 2.26 bits per heavy atom. The second-order valence-electron chi connectivity index (χ2n) is 9.48. The van der Waals surface area contributed by atoms with E-state index < -0.39 is 11.7 Å². The molecule has 1 aromatic carbocycles. The van der Waals surface area contributed by atoms with E-state index in [4.69, 9.17) is 0 Å². The molecule has 2 amide bonds. The van der Waals surface area contributed by atoms with E-state index >= 15 is 0 Å². The number of nitrogens with one attached hydrogen (secondary N) is 1. The minimum absolute atomic E-state index is 0.000718. The highest BCUT2D eigenvalue weighted by Crippen LogP contribution is 2.31. The van der Waals surface area contributed by atoms with Crippen LogP contribution >= 0.6 is 11.8 Å². The number of carbonyl (C=O) groups excluding carboxylic acids is 2. The summed E-state index contributed by atoms with van der Waals surface area (Å²) < 4.78 is 15.8. The molecule has 0 aliphatic heterocycles. The molecule has 2 fully saturated rings. The first kappa shape index (κ1) is 25.7. The number of halogens is 1. The third-order valence-corrected chi connectivity index (χ3v) is 8.14. The van der Waals surface area contributed by atoms with E-state index in [0.29, 0.717) is 35.4 Å². The number of hydrogen-bond acceptors (Lipinski definition) is 5. The van der Waals surface area contributed by atoms with E-state index in [0.717, 1.165) is 25.7 Å². The van der Waals surface area contributed by atoms with Gasteiger partial charge in [0.25, 0.3) is 5.91 Å². The average Bonchev–Trinajstić information content (AvgIpc) is 3.29. The molecule has 0 radical (unpaired) electrons. The molecule has 35 heavy (non-hydrogen) atoms. The van der Waals surface area contributed by atoms with E-state index in [9.17, 15) is 14.0 Å². The highest BCUT2D eigenvalue weighted by molar-refractivity contribution is 7.99. The fourth-order valence-electron chi connectivity index (χ4n) is 5.40. The van der Waals surface area contributed by atoms with Gasteiger partial charge in [0.1, 0.15) is 5.82 Å². The number of benzene rings is 1. The molecule has 190 valence electrons. The average molecular weight is 502 g/mol. The van der Waals surface area contributed by atoms with Gasteiger partial charge < -0.3 is 14.8 Å². The van der Waals surface area contributed by atoms with Crippen LogP contribution in [0.3, 0.4) is 0 Å². The second-order valence-corrected chi connectivity index (χ2v) is 10.4. The van der Waals surface area contributed by atoms with Crippen molar-refractivity contribution < 1.29 is 14.0 Å². The van der Waals surface area contributed by atoms with Crippen molar-refractivity contribution in [1.82, 2.24) is 25.0 Å². The minimum Gasteiger partial charge on any atom is -0.345 e. The van der Waals surface area contributed by atoms with Gasteiger partial charge in [-0.3, -0.25) is 9.59 Å². The highest BCUT2D eigenvalue weighted by Gasteiger charge is 2.32. The molecule has 4 rings (SSSR count). The predicted octanol–water partition coefficient (Wildman–Crippen LogP) is 4.95. The van der Waals surface area contributed by atoms with Gasteiger partial charge >= 0.3 is 0 Å². The van der Waals surface area contributed by atoms with E-state index in [1.165, 1.54) is 62.4 Å². The molecule has 0 atom stereocenters. The molecule has 2 saturated carbocycles. The van der Waals surface area contributed by atoms with Crippen LogP contribution in [0.4, 0.5) is 4.39 Å². The standard InChI is InChI=1S/C26H36FN5O2S/c1-2-31-23(17-28-25(34)21-15-9-10-16-22(21)27)29-30-26(31)35-18-24(33)32(19-11-5-3-6-12-19)20-13-7-4-8-14-20/h9-10,15-16,19-20H,2-8,11-14,17-18H2,1H3,(H,28,34). The lowest BCUT2D eigenvalue weighted by molar-refractivity contribution is -0.135. The molecule has 7 nitrogen and oxygen atoms in total. The molecule has 0 unspecified atom stereocenters. The van der Waals surface area contributed by atoms with Crippen molar-refractivity contribution in [3.05, 3.63) is 41.5 Å². The number of aromatic nitrogens is 3. The van der Waals surface area contributed by atoms with Crippen molar-refractivity contribution >= 4 is 23.6 Å². The lowest BCUT2D eigenvalue weighted by atomic mass is 9.88. The molecule has 0 bridgehead atoms. The Morgan fingerprint density at radius 2 is 1.66 bits per heavy atom. The summed E-state index contributed by atoms with van der Waals surface area (Å²) in [6.07, 6.45) is 11.8. The quantitative estimate of drug-likeness (QED) is 0.492. The van der Waals surface area contributed by atoms with Crippen LogP contribution in [0.1, 0.15) is 87.3 Å². The number of carbonyl (C=O) groups is 2. The van der Waals surface area contributed by atoms with Crippen molar-refractivity contribution in [2.45, 2.75) is 101 Å². The van der Waals surface area contributed by atoms with Crippen LogP contribution in [0.2, 0.25) is 0 Å². The van der Waals surface area contributed by atoms with E-state index in [1.807, 2.05) is 11.5 Å². The van der Waals surface area contributed by atoms with Gasteiger partial charge in [-0.05, 0) is 44.7 Å². The van der Waals surface area contributed by atoms with E-state index in [2.05, 4.69) is 20.4 Å². The topological polar surface area (TPSA) is 80.1 Å². The summed E-state index contributed by atoms with van der Waals surface area (Å²) in [5.41, 5.74) is 0.000718. The molecule has 0 saturated heterocycles. The monoisotopic (exact) mass is 501 g/mol. The predicted molar refractivity (Wildman–Crippen MR) is 135 cm³/mol. The van der Waals surface area contributed by atoms with Crippen molar-refractivity contribution in [2.75, 3.05) is 5.75 Å². The van der Waals surface area contributed by atoms with E-state index in [1.54, 1.807) is 12.1 Å².